The van der Waals surface area contributed by atoms with Crippen molar-refractivity contribution in [3.63, 3.8) is 0 Å². The molecule has 0 atom stereocenters. The Bertz CT molecular complexity index is 363. The lowest BCUT2D eigenvalue weighted by atomic mass is 10.2. The molecule has 1 rings (SSSR count). The molecule has 0 saturated carbocycles. The molecule has 1 amide bonds. The van der Waals surface area contributed by atoms with Crippen molar-refractivity contribution in [2.75, 3.05) is 6.54 Å². The Morgan fingerprint density at radius 3 is 2.76 bits per heavy atom. The number of nitrogens with one attached hydrogen (secondary N) is 1. The third-order valence-electron chi connectivity index (χ3n) is 2.57. The van der Waals surface area contributed by atoms with Crippen LogP contribution in [0, 0.1) is 0 Å². The largest absolute Gasteiger partial charge is 0.351 e. The molecule has 5 heteroatoms. The fraction of sp³-hybridized carbons (Fsp3) is 0.667. The van der Waals surface area contributed by atoms with Crippen LogP contribution in [0.5, 0.6) is 0 Å². The highest BCUT2D eigenvalue weighted by Gasteiger charge is 2.13. The fourth-order valence-electron chi connectivity index (χ4n) is 1.55. The highest BCUT2D eigenvalue weighted by atomic mass is 79.9. The summed E-state index contributed by atoms with van der Waals surface area (Å²) in [5.74, 6) is -0.0967. The summed E-state index contributed by atoms with van der Waals surface area (Å²) in [4.78, 5) is 11.8. The number of carbonyl (C=O) groups excluding carboxylic acids is 1. The number of halogens is 1. The smallest absolute Gasteiger partial charge is 0.272 e. The normalized spacial score (nSPS) is 10.5. The predicted octanol–water partition coefficient (Wildman–Crippen LogP) is 2.98. The highest BCUT2D eigenvalue weighted by molar-refractivity contribution is 9.10. The number of amides is 1. The van der Waals surface area contributed by atoms with E-state index < -0.39 is 0 Å². The quantitative estimate of drug-likeness (QED) is 0.787. The molecule has 0 radical (unpaired) electrons. The Kier molecular flexibility index (Phi) is 6.26. The second kappa shape index (κ2) is 7.48. The van der Waals surface area contributed by atoms with Crippen LogP contribution in [-0.4, -0.2) is 22.2 Å². The molecule has 96 valence electrons. The molecule has 0 aliphatic carbocycles. The minimum atomic E-state index is -0.0967. The van der Waals surface area contributed by atoms with Gasteiger partial charge in [-0.3, -0.25) is 9.48 Å². The number of hydrogen-bond donors (Lipinski definition) is 1. The van der Waals surface area contributed by atoms with Gasteiger partial charge in [-0.2, -0.15) is 5.10 Å². The summed E-state index contributed by atoms with van der Waals surface area (Å²) < 4.78 is 2.50. The molecule has 0 aromatic carbocycles. The van der Waals surface area contributed by atoms with Gasteiger partial charge in [-0.25, -0.2) is 0 Å². The SMILES string of the molecule is CCCCCCNC(=O)c1nn(CC)cc1Br. The van der Waals surface area contributed by atoms with Crippen LogP contribution in [0.15, 0.2) is 10.7 Å². The van der Waals surface area contributed by atoms with Crippen molar-refractivity contribution in [3.8, 4) is 0 Å². The summed E-state index contributed by atoms with van der Waals surface area (Å²) >= 11 is 3.35. The van der Waals surface area contributed by atoms with Crippen molar-refractivity contribution >= 4 is 21.8 Å². The van der Waals surface area contributed by atoms with E-state index in [0.717, 1.165) is 24.0 Å². The Hall–Kier alpha value is -0.840. The maximum absolute atomic E-state index is 11.8. The zero-order chi connectivity index (χ0) is 12.7. The fourth-order valence-corrected chi connectivity index (χ4v) is 2.05. The molecular formula is C12H20BrN3O. The molecule has 0 aliphatic rings. The molecule has 0 fully saturated rings. The number of hydrogen-bond acceptors (Lipinski definition) is 2. The lowest BCUT2D eigenvalue weighted by Crippen LogP contribution is -2.25. The first-order valence-corrected chi connectivity index (χ1v) is 6.99. The third kappa shape index (κ3) is 4.50. The van der Waals surface area contributed by atoms with Crippen LogP contribution in [0.25, 0.3) is 0 Å². The topological polar surface area (TPSA) is 46.9 Å². The summed E-state index contributed by atoms with van der Waals surface area (Å²) in [5.41, 5.74) is 0.474. The number of carbonyl (C=O) groups is 1. The molecule has 0 bridgehead atoms. The molecular weight excluding hydrogens is 282 g/mol. The van der Waals surface area contributed by atoms with Crippen molar-refractivity contribution in [1.82, 2.24) is 15.1 Å². The molecule has 0 unspecified atom stereocenters. The van der Waals surface area contributed by atoms with Gasteiger partial charge in [0.2, 0.25) is 0 Å². The Morgan fingerprint density at radius 1 is 1.41 bits per heavy atom. The van der Waals surface area contributed by atoms with Crippen molar-refractivity contribution in [3.05, 3.63) is 16.4 Å². The standard InChI is InChI=1S/C12H20BrN3O/c1-3-5-6-7-8-14-12(17)11-10(13)9-16(4-2)15-11/h9H,3-8H2,1-2H3,(H,14,17). The summed E-state index contributed by atoms with van der Waals surface area (Å²) in [6.45, 7) is 5.66. The van der Waals surface area contributed by atoms with Crippen LogP contribution in [0.1, 0.15) is 50.0 Å². The van der Waals surface area contributed by atoms with E-state index in [1.54, 1.807) is 4.68 Å². The van der Waals surface area contributed by atoms with E-state index in [-0.39, 0.29) is 5.91 Å². The first kappa shape index (κ1) is 14.2. The monoisotopic (exact) mass is 301 g/mol. The molecule has 1 aromatic rings. The lowest BCUT2D eigenvalue weighted by Gasteiger charge is -2.03. The lowest BCUT2D eigenvalue weighted by molar-refractivity contribution is 0.0946. The third-order valence-corrected chi connectivity index (χ3v) is 3.15. The Morgan fingerprint density at radius 2 is 2.18 bits per heavy atom. The van der Waals surface area contributed by atoms with Gasteiger partial charge in [0, 0.05) is 19.3 Å². The number of aromatic nitrogens is 2. The van der Waals surface area contributed by atoms with Crippen LogP contribution < -0.4 is 5.32 Å². The van der Waals surface area contributed by atoms with Gasteiger partial charge in [0.1, 0.15) is 0 Å². The second-order valence-corrected chi connectivity index (χ2v) is 4.85. The van der Waals surface area contributed by atoms with Gasteiger partial charge < -0.3 is 5.32 Å². The highest BCUT2D eigenvalue weighted by Crippen LogP contribution is 2.14. The predicted molar refractivity (Wildman–Crippen MR) is 72.1 cm³/mol. The van der Waals surface area contributed by atoms with Crippen LogP contribution in [-0.2, 0) is 6.54 Å². The van der Waals surface area contributed by atoms with Crippen LogP contribution in [0.3, 0.4) is 0 Å². The number of unbranched alkanes of at least 4 members (excludes halogenated alkanes) is 3. The summed E-state index contributed by atoms with van der Waals surface area (Å²) in [7, 11) is 0. The summed E-state index contributed by atoms with van der Waals surface area (Å²) in [5, 5.41) is 7.09. The molecule has 0 aliphatic heterocycles. The van der Waals surface area contributed by atoms with Crippen LogP contribution in [0.4, 0.5) is 0 Å². The van der Waals surface area contributed by atoms with Crippen molar-refractivity contribution in [2.24, 2.45) is 0 Å². The zero-order valence-electron chi connectivity index (χ0n) is 10.5. The molecule has 4 nitrogen and oxygen atoms in total. The maximum Gasteiger partial charge on any atom is 0.272 e. The average Bonchev–Trinajstić information content (AvgIpc) is 2.70. The minimum Gasteiger partial charge on any atom is -0.351 e. The average molecular weight is 302 g/mol. The Balaban J connectivity index is 2.38. The van der Waals surface area contributed by atoms with Gasteiger partial charge in [-0.1, -0.05) is 26.2 Å². The van der Waals surface area contributed by atoms with Gasteiger partial charge in [-0.15, -0.1) is 0 Å². The first-order chi connectivity index (χ1) is 8.19. The van der Waals surface area contributed by atoms with Crippen LogP contribution >= 0.6 is 15.9 Å². The molecule has 1 N–H and O–H groups in total. The second-order valence-electron chi connectivity index (χ2n) is 4.00. The first-order valence-electron chi connectivity index (χ1n) is 6.20. The molecule has 17 heavy (non-hydrogen) atoms. The van der Waals surface area contributed by atoms with Crippen molar-refractivity contribution in [1.29, 1.82) is 0 Å². The van der Waals surface area contributed by atoms with E-state index in [0.29, 0.717) is 5.69 Å². The number of rotatable bonds is 7. The molecule has 1 heterocycles. The van der Waals surface area contributed by atoms with Crippen LogP contribution in [0.2, 0.25) is 0 Å². The summed E-state index contributed by atoms with van der Waals surface area (Å²) in [6, 6.07) is 0. The van der Waals surface area contributed by atoms with Crippen molar-refractivity contribution in [2.45, 2.75) is 46.1 Å². The summed E-state index contributed by atoms with van der Waals surface area (Å²) in [6.07, 6.45) is 6.46. The molecule has 1 aromatic heterocycles. The Labute approximate surface area is 111 Å². The van der Waals surface area contributed by atoms with Gasteiger partial charge in [0.25, 0.3) is 5.91 Å². The van der Waals surface area contributed by atoms with Crippen molar-refractivity contribution < 1.29 is 4.79 Å². The van der Waals surface area contributed by atoms with E-state index in [2.05, 4.69) is 33.3 Å². The number of nitrogens with zero attached hydrogens (tertiary/aromatic N) is 2. The molecule has 0 saturated heterocycles. The van der Waals surface area contributed by atoms with Gasteiger partial charge in [-0.05, 0) is 29.3 Å². The van der Waals surface area contributed by atoms with Gasteiger partial charge >= 0.3 is 0 Å². The van der Waals surface area contributed by atoms with E-state index in [1.165, 1.54) is 19.3 Å². The van der Waals surface area contributed by atoms with E-state index in [9.17, 15) is 4.79 Å². The zero-order valence-corrected chi connectivity index (χ0v) is 12.1. The van der Waals surface area contributed by atoms with E-state index in [4.69, 9.17) is 0 Å². The maximum atomic E-state index is 11.8. The van der Waals surface area contributed by atoms with E-state index in [1.807, 2.05) is 13.1 Å². The molecule has 0 spiro atoms. The number of aryl methyl sites for hydroxylation is 1. The minimum absolute atomic E-state index is 0.0967. The van der Waals surface area contributed by atoms with Gasteiger partial charge in [0.15, 0.2) is 5.69 Å². The van der Waals surface area contributed by atoms with E-state index >= 15 is 0 Å². The van der Waals surface area contributed by atoms with Gasteiger partial charge in [0.05, 0.1) is 4.47 Å².